The fourth-order valence-corrected chi connectivity index (χ4v) is 2.48. The molecule has 0 aromatic heterocycles. The normalized spacial score (nSPS) is 23.4. The monoisotopic (exact) mass is 278 g/mol. The number of nitrogens with one attached hydrogen (secondary N) is 1. The van der Waals surface area contributed by atoms with Crippen molar-refractivity contribution in [2.45, 2.75) is 38.0 Å². The number of rotatable bonds is 5. The average Bonchev–Trinajstić information content (AvgIpc) is 2.96. The Labute approximate surface area is 119 Å². The van der Waals surface area contributed by atoms with Gasteiger partial charge in [-0.25, -0.2) is 0 Å². The molecule has 0 saturated carbocycles. The molecule has 5 heteroatoms. The first-order valence-corrected chi connectivity index (χ1v) is 6.94. The molecule has 1 heterocycles. The Morgan fingerprint density at radius 1 is 1.50 bits per heavy atom. The number of amides is 1. The van der Waals surface area contributed by atoms with E-state index in [1.165, 1.54) is 0 Å². The van der Waals surface area contributed by atoms with Crippen LogP contribution in [-0.2, 0) is 9.53 Å². The van der Waals surface area contributed by atoms with E-state index in [0.29, 0.717) is 6.54 Å². The summed E-state index contributed by atoms with van der Waals surface area (Å²) in [6, 6.07) is 7.54. The van der Waals surface area contributed by atoms with E-state index in [1.54, 1.807) is 7.11 Å². The van der Waals surface area contributed by atoms with Crippen LogP contribution >= 0.6 is 0 Å². The van der Waals surface area contributed by atoms with Crippen LogP contribution in [0.1, 0.15) is 31.4 Å². The summed E-state index contributed by atoms with van der Waals surface area (Å²) >= 11 is 0. The molecule has 1 aromatic carbocycles. The highest BCUT2D eigenvalue weighted by molar-refractivity contribution is 5.81. The van der Waals surface area contributed by atoms with Crippen molar-refractivity contribution in [1.82, 2.24) is 5.32 Å². The maximum absolute atomic E-state index is 12.2. The summed E-state index contributed by atoms with van der Waals surface area (Å²) in [5, 5.41) is 2.97. The zero-order valence-corrected chi connectivity index (χ0v) is 12.0. The lowest BCUT2D eigenvalue weighted by Crippen LogP contribution is -2.37. The summed E-state index contributed by atoms with van der Waals surface area (Å²) < 4.78 is 10.9. The third-order valence-electron chi connectivity index (χ3n) is 3.63. The maximum atomic E-state index is 12.2. The van der Waals surface area contributed by atoms with Crippen molar-refractivity contribution in [2.24, 2.45) is 5.73 Å². The summed E-state index contributed by atoms with van der Waals surface area (Å²) in [5.41, 5.74) is 6.51. The minimum absolute atomic E-state index is 0.00678. The molecule has 2 rings (SSSR count). The molecule has 1 fully saturated rings. The van der Waals surface area contributed by atoms with E-state index in [-0.39, 0.29) is 24.2 Å². The number of benzene rings is 1. The number of carbonyl (C=O) groups excluding carboxylic acids is 1. The number of hydrogen-bond donors (Lipinski definition) is 2. The lowest BCUT2D eigenvalue weighted by atomic mass is 10.1. The Morgan fingerprint density at radius 3 is 2.90 bits per heavy atom. The predicted octanol–water partition coefficient (Wildman–Crippen LogP) is 1.38. The minimum atomic E-state index is -0.388. The summed E-state index contributed by atoms with van der Waals surface area (Å²) in [6.07, 6.45) is 1.19. The lowest BCUT2D eigenvalue weighted by Gasteiger charge is -2.19. The van der Waals surface area contributed by atoms with E-state index in [1.807, 2.05) is 31.2 Å². The van der Waals surface area contributed by atoms with Gasteiger partial charge in [-0.1, -0.05) is 18.2 Å². The van der Waals surface area contributed by atoms with Crippen LogP contribution in [0.3, 0.4) is 0 Å². The van der Waals surface area contributed by atoms with Crippen molar-refractivity contribution in [3.8, 4) is 5.75 Å². The van der Waals surface area contributed by atoms with Crippen molar-refractivity contribution >= 4 is 5.91 Å². The predicted molar refractivity (Wildman–Crippen MR) is 76.5 cm³/mol. The Hall–Kier alpha value is -1.59. The highest BCUT2D eigenvalue weighted by Gasteiger charge is 2.30. The van der Waals surface area contributed by atoms with Crippen LogP contribution < -0.4 is 15.8 Å². The van der Waals surface area contributed by atoms with Gasteiger partial charge in [0.15, 0.2) is 0 Å². The quantitative estimate of drug-likeness (QED) is 0.853. The molecule has 5 nitrogen and oxygen atoms in total. The van der Waals surface area contributed by atoms with Crippen molar-refractivity contribution in [1.29, 1.82) is 0 Å². The van der Waals surface area contributed by atoms with Gasteiger partial charge in [-0.2, -0.15) is 0 Å². The first-order valence-electron chi connectivity index (χ1n) is 6.94. The van der Waals surface area contributed by atoms with Gasteiger partial charge in [-0.15, -0.1) is 0 Å². The first-order chi connectivity index (χ1) is 9.65. The first kappa shape index (κ1) is 14.8. The summed E-state index contributed by atoms with van der Waals surface area (Å²) in [6.45, 7) is 2.40. The number of para-hydroxylation sites is 1. The summed E-state index contributed by atoms with van der Waals surface area (Å²) in [7, 11) is 1.62. The van der Waals surface area contributed by atoms with E-state index in [0.717, 1.165) is 24.2 Å². The van der Waals surface area contributed by atoms with Crippen molar-refractivity contribution < 1.29 is 14.3 Å². The zero-order valence-electron chi connectivity index (χ0n) is 12.0. The SMILES string of the molecule is COc1ccccc1C(C)NC(=O)C1CCC(CN)O1. The van der Waals surface area contributed by atoms with Crippen LogP contribution in [-0.4, -0.2) is 31.8 Å². The number of ether oxygens (including phenoxy) is 2. The largest absolute Gasteiger partial charge is 0.496 e. The van der Waals surface area contributed by atoms with Crippen LogP contribution in [0.2, 0.25) is 0 Å². The zero-order chi connectivity index (χ0) is 14.5. The van der Waals surface area contributed by atoms with Gasteiger partial charge in [0.25, 0.3) is 0 Å². The molecule has 0 spiro atoms. The molecule has 1 aliphatic rings. The Kier molecular flexibility index (Phi) is 4.98. The molecule has 20 heavy (non-hydrogen) atoms. The highest BCUT2D eigenvalue weighted by Crippen LogP contribution is 2.25. The van der Waals surface area contributed by atoms with Crippen molar-refractivity contribution in [3.05, 3.63) is 29.8 Å². The summed E-state index contributed by atoms with van der Waals surface area (Å²) in [5.74, 6) is 0.687. The Bertz CT molecular complexity index is 464. The van der Waals surface area contributed by atoms with Crippen LogP contribution in [0.25, 0.3) is 0 Å². The fraction of sp³-hybridized carbons (Fsp3) is 0.533. The standard InChI is InChI=1S/C15H22N2O3/c1-10(12-5-3-4-6-13(12)19-2)17-15(18)14-8-7-11(9-16)20-14/h3-6,10-11,14H,7-9,16H2,1-2H3,(H,17,18). The molecule has 1 amide bonds. The Morgan fingerprint density at radius 2 is 2.25 bits per heavy atom. The molecule has 1 aromatic rings. The van der Waals surface area contributed by atoms with E-state index >= 15 is 0 Å². The van der Waals surface area contributed by atoms with Gasteiger partial charge in [0.1, 0.15) is 11.9 Å². The van der Waals surface area contributed by atoms with Crippen molar-refractivity contribution in [3.63, 3.8) is 0 Å². The molecule has 110 valence electrons. The van der Waals surface area contributed by atoms with E-state index < -0.39 is 0 Å². The smallest absolute Gasteiger partial charge is 0.249 e. The number of nitrogens with two attached hydrogens (primary N) is 1. The molecular weight excluding hydrogens is 256 g/mol. The third-order valence-corrected chi connectivity index (χ3v) is 3.63. The van der Waals surface area contributed by atoms with Gasteiger partial charge < -0.3 is 20.5 Å². The maximum Gasteiger partial charge on any atom is 0.249 e. The lowest BCUT2D eigenvalue weighted by molar-refractivity contribution is -0.132. The number of methoxy groups -OCH3 is 1. The molecule has 3 unspecified atom stereocenters. The van der Waals surface area contributed by atoms with Gasteiger partial charge in [0.2, 0.25) is 5.91 Å². The van der Waals surface area contributed by atoms with Crippen LogP contribution in [0.4, 0.5) is 0 Å². The topological polar surface area (TPSA) is 73.6 Å². The van der Waals surface area contributed by atoms with Crippen LogP contribution in [0.5, 0.6) is 5.75 Å². The van der Waals surface area contributed by atoms with E-state index in [2.05, 4.69) is 5.32 Å². The van der Waals surface area contributed by atoms with Crippen LogP contribution in [0.15, 0.2) is 24.3 Å². The molecule has 0 radical (unpaired) electrons. The van der Waals surface area contributed by atoms with Crippen LogP contribution in [0, 0.1) is 0 Å². The summed E-state index contributed by atoms with van der Waals surface area (Å²) in [4.78, 5) is 12.2. The third kappa shape index (κ3) is 3.29. The van der Waals surface area contributed by atoms with Crippen molar-refractivity contribution in [2.75, 3.05) is 13.7 Å². The molecule has 3 N–H and O–H groups in total. The molecule has 3 atom stereocenters. The van der Waals surface area contributed by atoms with Gasteiger partial charge in [0.05, 0.1) is 19.3 Å². The van der Waals surface area contributed by atoms with Gasteiger partial charge in [0, 0.05) is 12.1 Å². The van der Waals surface area contributed by atoms with Gasteiger partial charge >= 0.3 is 0 Å². The molecule has 0 bridgehead atoms. The molecule has 0 aliphatic carbocycles. The molecule has 1 saturated heterocycles. The minimum Gasteiger partial charge on any atom is -0.496 e. The fourth-order valence-electron chi connectivity index (χ4n) is 2.48. The number of hydrogen-bond acceptors (Lipinski definition) is 4. The molecular formula is C15H22N2O3. The second-order valence-electron chi connectivity index (χ2n) is 5.03. The number of carbonyl (C=O) groups is 1. The molecule has 1 aliphatic heterocycles. The van der Waals surface area contributed by atoms with E-state index in [9.17, 15) is 4.79 Å². The van der Waals surface area contributed by atoms with Gasteiger partial charge in [-0.3, -0.25) is 4.79 Å². The highest BCUT2D eigenvalue weighted by atomic mass is 16.5. The van der Waals surface area contributed by atoms with Gasteiger partial charge in [-0.05, 0) is 25.8 Å². The average molecular weight is 278 g/mol. The van der Waals surface area contributed by atoms with E-state index in [4.69, 9.17) is 15.2 Å². The second kappa shape index (κ2) is 6.72. The Balaban J connectivity index is 1.97. The second-order valence-corrected chi connectivity index (χ2v) is 5.03.